The molecule has 0 unspecified atom stereocenters. The average molecular weight is 295 g/mol. The molecular formula is C13H21N5OS. The molecule has 0 bridgehead atoms. The smallest absolute Gasteiger partial charge is 0.269 e. The molecule has 0 fully saturated rings. The van der Waals surface area contributed by atoms with Gasteiger partial charge in [0.05, 0.1) is 5.69 Å². The number of aromatic nitrogens is 3. The van der Waals surface area contributed by atoms with Crippen molar-refractivity contribution >= 4 is 11.3 Å². The summed E-state index contributed by atoms with van der Waals surface area (Å²) in [6.45, 7) is 9.70. The second kappa shape index (κ2) is 6.92. The minimum absolute atomic E-state index is 0.439. The Labute approximate surface area is 123 Å². The lowest BCUT2D eigenvalue weighted by Crippen LogP contribution is -2.25. The molecule has 2 rings (SSSR count). The molecule has 2 heterocycles. The molecule has 2 aromatic rings. The summed E-state index contributed by atoms with van der Waals surface area (Å²) in [5.74, 6) is 1.29. The zero-order chi connectivity index (χ0) is 14.5. The van der Waals surface area contributed by atoms with Gasteiger partial charge in [-0.1, -0.05) is 19.0 Å². The van der Waals surface area contributed by atoms with Crippen LogP contribution in [0.3, 0.4) is 0 Å². The zero-order valence-corrected chi connectivity index (χ0v) is 13.0. The predicted molar refractivity (Wildman–Crippen MR) is 79.5 cm³/mol. The molecule has 0 saturated carbocycles. The summed E-state index contributed by atoms with van der Waals surface area (Å²) in [6, 6.07) is 0. The van der Waals surface area contributed by atoms with Crippen molar-refractivity contribution in [2.24, 2.45) is 5.73 Å². The highest BCUT2D eigenvalue weighted by atomic mass is 32.1. The van der Waals surface area contributed by atoms with Crippen molar-refractivity contribution in [3.8, 4) is 10.8 Å². The van der Waals surface area contributed by atoms with E-state index in [0.29, 0.717) is 12.4 Å². The first kappa shape index (κ1) is 15.1. The monoisotopic (exact) mass is 295 g/mol. The molecule has 0 spiro atoms. The van der Waals surface area contributed by atoms with Gasteiger partial charge in [0.2, 0.25) is 0 Å². The standard InChI is InChI=1S/C13H21N5OS/c1-4-18(5-2)7-6-10-16-13(19-17-10)12-9(3)15-11(8-14)20-12/h4-8,14H2,1-3H3. The molecule has 2 aromatic heterocycles. The van der Waals surface area contributed by atoms with Crippen molar-refractivity contribution < 1.29 is 4.52 Å². The summed E-state index contributed by atoms with van der Waals surface area (Å²) in [5.41, 5.74) is 6.50. The molecule has 0 atom stereocenters. The van der Waals surface area contributed by atoms with Gasteiger partial charge in [-0.05, 0) is 20.0 Å². The molecule has 0 radical (unpaired) electrons. The number of nitrogens with zero attached hydrogens (tertiary/aromatic N) is 4. The second-order valence-corrected chi connectivity index (χ2v) is 5.60. The van der Waals surface area contributed by atoms with Gasteiger partial charge in [0.1, 0.15) is 9.88 Å². The maximum Gasteiger partial charge on any atom is 0.269 e. The number of rotatable bonds is 7. The maximum atomic E-state index is 5.60. The number of likely N-dealkylation sites (N-methyl/N-ethyl adjacent to an activating group) is 1. The van der Waals surface area contributed by atoms with E-state index in [9.17, 15) is 0 Å². The average Bonchev–Trinajstić information content (AvgIpc) is 3.06. The van der Waals surface area contributed by atoms with Crippen LogP contribution in [-0.2, 0) is 13.0 Å². The Bertz CT molecular complexity index is 547. The summed E-state index contributed by atoms with van der Waals surface area (Å²) in [5, 5.41) is 4.93. The van der Waals surface area contributed by atoms with E-state index in [0.717, 1.165) is 47.5 Å². The number of aryl methyl sites for hydroxylation is 1. The molecule has 0 aliphatic carbocycles. The van der Waals surface area contributed by atoms with E-state index in [1.165, 1.54) is 11.3 Å². The van der Waals surface area contributed by atoms with Gasteiger partial charge >= 0.3 is 0 Å². The van der Waals surface area contributed by atoms with Crippen LogP contribution in [0.1, 0.15) is 30.4 Å². The summed E-state index contributed by atoms with van der Waals surface area (Å²) < 4.78 is 5.34. The Morgan fingerprint density at radius 3 is 2.60 bits per heavy atom. The third kappa shape index (κ3) is 3.41. The third-order valence-electron chi connectivity index (χ3n) is 3.22. The molecule has 0 aromatic carbocycles. The van der Waals surface area contributed by atoms with Gasteiger partial charge < -0.3 is 15.2 Å². The van der Waals surface area contributed by atoms with Gasteiger partial charge in [0.25, 0.3) is 5.89 Å². The van der Waals surface area contributed by atoms with Crippen molar-refractivity contribution in [1.29, 1.82) is 0 Å². The van der Waals surface area contributed by atoms with Crippen LogP contribution in [0, 0.1) is 6.92 Å². The van der Waals surface area contributed by atoms with E-state index < -0.39 is 0 Å². The van der Waals surface area contributed by atoms with Crippen LogP contribution < -0.4 is 5.73 Å². The lowest BCUT2D eigenvalue weighted by atomic mass is 10.3. The van der Waals surface area contributed by atoms with Crippen LogP contribution in [0.15, 0.2) is 4.52 Å². The van der Waals surface area contributed by atoms with Gasteiger partial charge in [-0.25, -0.2) is 4.98 Å². The van der Waals surface area contributed by atoms with Gasteiger partial charge in [0.15, 0.2) is 5.82 Å². The first-order valence-corrected chi connectivity index (χ1v) is 7.71. The van der Waals surface area contributed by atoms with Gasteiger partial charge in [-0.2, -0.15) is 4.98 Å². The highest BCUT2D eigenvalue weighted by Crippen LogP contribution is 2.28. The Morgan fingerprint density at radius 2 is 2.00 bits per heavy atom. The highest BCUT2D eigenvalue weighted by Gasteiger charge is 2.16. The van der Waals surface area contributed by atoms with Crippen LogP contribution >= 0.6 is 11.3 Å². The van der Waals surface area contributed by atoms with E-state index >= 15 is 0 Å². The fraction of sp³-hybridized carbons (Fsp3) is 0.615. The summed E-state index contributed by atoms with van der Waals surface area (Å²) in [4.78, 5) is 12.1. The largest absolute Gasteiger partial charge is 0.333 e. The molecule has 6 nitrogen and oxygen atoms in total. The van der Waals surface area contributed by atoms with Crippen molar-refractivity contribution in [3.63, 3.8) is 0 Å². The maximum absolute atomic E-state index is 5.60. The Kier molecular flexibility index (Phi) is 5.22. The molecule has 7 heteroatoms. The van der Waals surface area contributed by atoms with Crippen molar-refractivity contribution in [1.82, 2.24) is 20.0 Å². The number of hydrogen-bond acceptors (Lipinski definition) is 7. The normalized spacial score (nSPS) is 11.4. The highest BCUT2D eigenvalue weighted by molar-refractivity contribution is 7.15. The summed E-state index contributed by atoms with van der Waals surface area (Å²) in [6.07, 6.45) is 0.798. The van der Waals surface area contributed by atoms with E-state index in [4.69, 9.17) is 10.3 Å². The van der Waals surface area contributed by atoms with Crippen molar-refractivity contribution in [2.45, 2.75) is 33.7 Å². The Hall–Kier alpha value is -1.31. The number of hydrogen-bond donors (Lipinski definition) is 1. The SMILES string of the molecule is CCN(CC)CCc1noc(-c2sc(CN)nc2C)n1. The van der Waals surface area contributed by atoms with E-state index in [1.54, 1.807) is 0 Å². The van der Waals surface area contributed by atoms with E-state index in [-0.39, 0.29) is 0 Å². The van der Waals surface area contributed by atoms with Crippen molar-refractivity contribution in [3.05, 3.63) is 16.5 Å². The predicted octanol–water partition coefficient (Wildman–Crippen LogP) is 1.84. The molecule has 0 amide bonds. The fourth-order valence-electron chi connectivity index (χ4n) is 1.98. The molecular weight excluding hydrogens is 274 g/mol. The van der Waals surface area contributed by atoms with Crippen LogP contribution in [0.25, 0.3) is 10.8 Å². The van der Waals surface area contributed by atoms with E-state index in [2.05, 4.69) is 33.9 Å². The van der Waals surface area contributed by atoms with Crippen LogP contribution in [0.5, 0.6) is 0 Å². The molecule has 2 N–H and O–H groups in total. The topological polar surface area (TPSA) is 81.1 Å². The van der Waals surface area contributed by atoms with Gasteiger partial charge in [-0.3, -0.25) is 0 Å². The Morgan fingerprint density at radius 1 is 1.25 bits per heavy atom. The van der Waals surface area contributed by atoms with Crippen LogP contribution in [0.2, 0.25) is 0 Å². The first-order valence-electron chi connectivity index (χ1n) is 6.89. The third-order valence-corrected chi connectivity index (χ3v) is 4.39. The first-order chi connectivity index (χ1) is 9.67. The molecule has 110 valence electrons. The van der Waals surface area contributed by atoms with Crippen molar-refractivity contribution in [2.75, 3.05) is 19.6 Å². The second-order valence-electron chi connectivity index (χ2n) is 4.52. The minimum atomic E-state index is 0.439. The van der Waals surface area contributed by atoms with Crippen LogP contribution in [0.4, 0.5) is 0 Å². The summed E-state index contributed by atoms with van der Waals surface area (Å²) in [7, 11) is 0. The lowest BCUT2D eigenvalue weighted by molar-refractivity contribution is 0.303. The number of thiazole rings is 1. The van der Waals surface area contributed by atoms with Gasteiger partial charge in [0, 0.05) is 19.5 Å². The van der Waals surface area contributed by atoms with Gasteiger partial charge in [-0.15, -0.1) is 11.3 Å². The summed E-state index contributed by atoms with van der Waals surface area (Å²) >= 11 is 1.52. The lowest BCUT2D eigenvalue weighted by Gasteiger charge is -2.16. The fourth-order valence-corrected chi connectivity index (χ4v) is 2.85. The van der Waals surface area contributed by atoms with E-state index in [1.807, 2.05) is 6.92 Å². The molecule has 0 aliphatic rings. The minimum Gasteiger partial charge on any atom is -0.333 e. The Balaban J connectivity index is 2.06. The quantitative estimate of drug-likeness (QED) is 0.839. The zero-order valence-electron chi connectivity index (χ0n) is 12.2. The number of nitrogens with two attached hydrogens (primary N) is 1. The molecule has 0 saturated heterocycles. The molecule has 0 aliphatic heterocycles. The van der Waals surface area contributed by atoms with Crippen LogP contribution in [-0.4, -0.2) is 39.7 Å². The molecule has 20 heavy (non-hydrogen) atoms.